The molecule has 4 aromatic carbocycles. The molecule has 0 heterocycles. The van der Waals surface area contributed by atoms with Crippen LogP contribution < -0.4 is 24.8 Å². The summed E-state index contributed by atoms with van der Waals surface area (Å²) in [6.07, 6.45) is 8.32. The molecule has 7 rings (SSSR count). The molecule has 240 valence electrons. The number of benzene rings is 3. The molecular formula is C43H48Cl2Zr-2. The zero-order chi connectivity index (χ0) is 32.0. The van der Waals surface area contributed by atoms with E-state index in [1.165, 1.54) is 97.4 Å². The molecule has 0 aromatic heterocycles. The zero-order valence-electron chi connectivity index (χ0n) is 29.3. The average molecular weight is 727 g/mol. The second-order valence-electron chi connectivity index (χ2n) is 14.8. The molecule has 3 aliphatic rings. The van der Waals surface area contributed by atoms with Crippen LogP contribution in [0.25, 0.3) is 22.3 Å². The third-order valence-electron chi connectivity index (χ3n) is 9.44. The number of fused-ring (bicyclic) bond motifs is 5. The first-order valence-electron chi connectivity index (χ1n) is 16.1. The van der Waals surface area contributed by atoms with Gasteiger partial charge in [0.05, 0.1) is 0 Å². The van der Waals surface area contributed by atoms with Gasteiger partial charge in [-0.2, -0.15) is 29.3 Å². The van der Waals surface area contributed by atoms with E-state index in [9.17, 15) is 0 Å². The third kappa shape index (κ3) is 7.75. The summed E-state index contributed by atoms with van der Waals surface area (Å²) in [7, 11) is 0. The monoisotopic (exact) mass is 724 g/mol. The summed E-state index contributed by atoms with van der Waals surface area (Å²) in [4.78, 5) is 0. The molecule has 3 aliphatic carbocycles. The van der Waals surface area contributed by atoms with Gasteiger partial charge >= 0.3 is 76.7 Å². The topological polar surface area (TPSA) is 0 Å². The van der Waals surface area contributed by atoms with Crippen LogP contribution in [0.4, 0.5) is 0 Å². The second-order valence-corrected chi connectivity index (χ2v) is 16.3. The first-order valence-corrected chi connectivity index (χ1v) is 17.4. The van der Waals surface area contributed by atoms with Gasteiger partial charge in [-0.05, 0) is 58.4 Å². The maximum atomic E-state index is 3.65. The minimum Gasteiger partial charge on any atom is -1.00 e. The van der Waals surface area contributed by atoms with Crippen LogP contribution in [0.15, 0.2) is 84.9 Å². The summed E-state index contributed by atoms with van der Waals surface area (Å²) in [5, 5.41) is 0. The first kappa shape index (κ1) is 38.3. The van der Waals surface area contributed by atoms with Gasteiger partial charge in [-0.3, -0.25) is 6.08 Å². The van der Waals surface area contributed by atoms with Crippen molar-refractivity contribution in [2.75, 3.05) is 0 Å². The minimum absolute atomic E-state index is 0. The van der Waals surface area contributed by atoms with E-state index in [-0.39, 0.29) is 35.6 Å². The molecule has 0 unspecified atom stereocenters. The van der Waals surface area contributed by atoms with Crippen molar-refractivity contribution in [1.29, 1.82) is 0 Å². The largest absolute Gasteiger partial charge is 1.00 e. The van der Waals surface area contributed by atoms with Crippen LogP contribution in [0, 0.1) is 6.08 Å². The molecule has 0 nitrogen and oxygen atoms in total. The van der Waals surface area contributed by atoms with Crippen LogP contribution in [0.5, 0.6) is 0 Å². The van der Waals surface area contributed by atoms with Gasteiger partial charge in [0, 0.05) is 5.41 Å². The fraction of sp³-hybridized carbons (Fsp3) is 0.349. The van der Waals surface area contributed by atoms with Crippen molar-refractivity contribution in [3.05, 3.63) is 136 Å². The maximum Gasteiger partial charge on any atom is -1.00 e. The van der Waals surface area contributed by atoms with Crippen molar-refractivity contribution < 1.29 is 49.0 Å². The van der Waals surface area contributed by atoms with Crippen molar-refractivity contribution in [3.63, 3.8) is 0 Å². The van der Waals surface area contributed by atoms with E-state index >= 15 is 0 Å². The van der Waals surface area contributed by atoms with E-state index < -0.39 is 0 Å². The molecule has 0 aliphatic heterocycles. The summed E-state index contributed by atoms with van der Waals surface area (Å²) in [5.74, 6) is 0. The molecule has 3 heteroatoms. The summed E-state index contributed by atoms with van der Waals surface area (Å²) in [5.41, 5.74) is 17.7. The van der Waals surface area contributed by atoms with Gasteiger partial charge in [0.25, 0.3) is 0 Å². The molecule has 0 amide bonds. The molecule has 0 saturated heterocycles. The van der Waals surface area contributed by atoms with Crippen LogP contribution in [-0.2, 0) is 46.9 Å². The van der Waals surface area contributed by atoms with Crippen molar-refractivity contribution in [2.45, 2.75) is 98.3 Å². The minimum atomic E-state index is 0. The van der Waals surface area contributed by atoms with Crippen LogP contribution >= 0.6 is 0 Å². The van der Waals surface area contributed by atoms with Gasteiger partial charge in [-0.1, -0.05) is 84.4 Å². The maximum absolute atomic E-state index is 3.65. The fourth-order valence-electron chi connectivity index (χ4n) is 6.99. The molecule has 0 atom stereocenters. The Morgan fingerprint density at radius 1 is 0.826 bits per heavy atom. The molecular weight excluding hydrogens is 679 g/mol. The Hall–Kier alpha value is -2.18. The fourth-order valence-corrected chi connectivity index (χ4v) is 7.40. The van der Waals surface area contributed by atoms with Crippen LogP contribution in [0.3, 0.4) is 0 Å². The van der Waals surface area contributed by atoms with Crippen molar-refractivity contribution >= 4 is 14.4 Å². The Labute approximate surface area is 306 Å². The van der Waals surface area contributed by atoms with Gasteiger partial charge in [-0.25, -0.2) is 11.6 Å². The van der Waals surface area contributed by atoms with Crippen molar-refractivity contribution in [2.24, 2.45) is 0 Å². The summed E-state index contributed by atoms with van der Waals surface area (Å²) >= 11 is 1.54. The number of hydrogen-bond donors (Lipinski definition) is 0. The SMILES string of the molecule is CC(C)(C)c1cc[cH-]c1.CC1=[C-]C(C)(C)c2cc3c(cc21)-c1cc2c(cc1C3)C(C)(C)C=C2C.CC[C](=[Zr+2])c1ccccc1.[Cl-].[Cl-]. The molecule has 0 saturated carbocycles. The number of halogens is 2. The van der Waals surface area contributed by atoms with Crippen LogP contribution in [0.1, 0.15) is 120 Å². The number of allylic oxidation sites excluding steroid dienone is 4. The Bertz CT molecular complexity index is 1670. The molecule has 0 spiro atoms. The molecule has 0 fully saturated rings. The molecule has 4 aromatic rings. The predicted octanol–water partition coefficient (Wildman–Crippen LogP) is 5.32. The molecule has 0 bridgehead atoms. The van der Waals surface area contributed by atoms with Crippen molar-refractivity contribution in [1.82, 2.24) is 0 Å². The summed E-state index contributed by atoms with van der Waals surface area (Å²) in [6.45, 7) is 22.6. The third-order valence-corrected chi connectivity index (χ3v) is 11.0. The normalized spacial score (nSPS) is 15.6. The van der Waals surface area contributed by atoms with E-state index in [0.717, 1.165) is 6.42 Å². The van der Waals surface area contributed by atoms with Crippen LogP contribution in [-0.4, -0.2) is 3.21 Å². The summed E-state index contributed by atoms with van der Waals surface area (Å²) in [6, 6.07) is 28.9. The van der Waals surface area contributed by atoms with Gasteiger partial charge in [0.1, 0.15) is 0 Å². The molecule has 0 radical (unpaired) electrons. The zero-order valence-corrected chi connectivity index (χ0v) is 33.2. The van der Waals surface area contributed by atoms with E-state index in [4.69, 9.17) is 0 Å². The summed E-state index contributed by atoms with van der Waals surface area (Å²) < 4.78 is 1.55. The Morgan fingerprint density at radius 3 is 1.93 bits per heavy atom. The van der Waals surface area contributed by atoms with Gasteiger partial charge < -0.3 is 24.8 Å². The van der Waals surface area contributed by atoms with Crippen LogP contribution in [0.2, 0.25) is 0 Å². The average Bonchev–Trinajstić information content (AvgIpc) is 3.72. The van der Waals surface area contributed by atoms with E-state index in [1.807, 2.05) is 0 Å². The predicted molar refractivity (Wildman–Crippen MR) is 188 cm³/mol. The molecule has 46 heavy (non-hydrogen) atoms. The smallest absolute Gasteiger partial charge is 1.00 e. The van der Waals surface area contributed by atoms with Gasteiger partial charge in [0.2, 0.25) is 0 Å². The Balaban J connectivity index is 0.000000228. The quantitative estimate of drug-likeness (QED) is 0.216. The first-order chi connectivity index (χ1) is 20.6. The van der Waals surface area contributed by atoms with E-state index in [2.05, 4.69) is 160 Å². The van der Waals surface area contributed by atoms with Crippen molar-refractivity contribution in [3.8, 4) is 11.1 Å². The molecule has 0 N–H and O–H groups in total. The number of hydrogen-bond acceptors (Lipinski definition) is 0. The van der Waals surface area contributed by atoms with E-state index in [1.54, 1.807) is 3.21 Å². The number of rotatable bonds is 2. The van der Waals surface area contributed by atoms with E-state index in [0.29, 0.717) is 5.41 Å². The Kier molecular flexibility index (Phi) is 12.1. The second kappa shape index (κ2) is 14.5. The van der Waals surface area contributed by atoms with Gasteiger partial charge in [-0.15, -0.1) is 11.6 Å². The standard InChI is InChI=1S/C25H25.C9H13.C9H10.2ClH.Zr/c1-14-12-24(3,4)22-8-16-7-17-9-23-19(15(2)13-25(23,5)6)11-21(17)20(16)10-18(14)22;1-9(2,3)8-6-4-5-7-8;1-2-6-9-7-4-3-5-8-9;;;/h8-12H,7H2,1-6H3;4-7H,1-3H3;3-5,7-8H,2H2,1H3;2*1H;/q2*-1;;;;+2/p-2. The van der Waals surface area contributed by atoms with Gasteiger partial charge in [0.15, 0.2) is 0 Å². The Morgan fingerprint density at radius 2 is 1.41 bits per heavy atom.